The Morgan fingerprint density at radius 3 is 2.38 bits per heavy atom. The van der Waals surface area contributed by atoms with Gasteiger partial charge < -0.3 is 0 Å². The van der Waals surface area contributed by atoms with Crippen molar-refractivity contribution in [1.29, 1.82) is 0 Å². The summed E-state index contributed by atoms with van der Waals surface area (Å²) in [5.41, 5.74) is 2.87. The zero-order valence-electron chi connectivity index (χ0n) is 14.7. The monoisotopic (exact) mass is 370 g/mol. The summed E-state index contributed by atoms with van der Waals surface area (Å²) in [6.07, 6.45) is 4.87. The Morgan fingerprint density at radius 1 is 0.654 bits per heavy atom. The standard InChI is InChI=1S/C24H18S2/c1-26(2)22-10-6-4-7-16(22)19-14-18-15(13-23(19)26)11-12-21-24(18)17-8-3-5-9-20(17)25-21/h3-14H,1-2H3. The molecule has 1 aliphatic rings. The molecule has 0 nitrogen and oxygen atoms in total. The Morgan fingerprint density at radius 2 is 1.46 bits per heavy atom. The van der Waals surface area contributed by atoms with Crippen molar-refractivity contribution in [3.05, 3.63) is 72.8 Å². The molecular formula is C24H18S2. The smallest absolute Gasteiger partial charge is 0.0361 e. The molecule has 0 atom stereocenters. The van der Waals surface area contributed by atoms with E-state index in [4.69, 9.17) is 0 Å². The molecule has 26 heavy (non-hydrogen) atoms. The first-order valence-corrected chi connectivity index (χ1v) is 12.1. The summed E-state index contributed by atoms with van der Waals surface area (Å²) >= 11 is 1.90. The van der Waals surface area contributed by atoms with E-state index >= 15 is 0 Å². The van der Waals surface area contributed by atoms with Crippen LogP contribution in [0, 0.1) is 0 Å². The molecule has 0 bridgehead atoms. The SMILES string of the molecule is CS1(C)c2ccccc2-c2cc3c(ccc4sc5ccccc5c43)cc21. The first-order valence-electron chi connectivity index (χ1n) is 8.85. The van der Waals surface area contributed by atoms with E-state index in [2.05, 4.69) is 85.3 Å². The van der Waals surface area contributed by atoms with E-state index in [-0.39, 0.29) is 0 Å². The Hall–Kier alpha value is -2.29. The number of fused-ring (bicyclic) bond motifs is 8. The molecule has 6 rings (SSSR count). The molecular weight excluding hydrogens is 352 g/mol. The van der Waals surface area contributed by atoms with Crippen LogP contribution in [0.5, 0.6) is 0 Å². The van der Waals surface area contributed by atoms with Gasteiger partial charge in [0.25, 0.3) is 0 Å². The second kappa shape index (κ2) is 4.91. The van der Waals surface area contributed by atoms with Gasteiger partial charge in [-0.05, 0) is 64.7 Å². The first-order chi connectivity index (χ1) is 12.6. The highest BCUT2D eigenvalue weighted by atomic mass is 32.3. The van der Waals surface area contributed by atoms with Crippen molar-refractivity contribution in [3.8, 4) is 11.1 Å². The van der Waals surface area contributed by atoms with Crippen LogP contribution in [0.4, 0.5) is 0 Å². The van der Waals surface area contributed by atoms with E-state index in [0.717, 1.165) is 0 Å². The quantitative estimate of drug-likeness (QED) is 0.262. The molecule has 2 heterocycles. The minimum atomic E-state index is -0.936. The fourth-order valence-corrected chi connectivity index (χ4v) is 8.11. The zero-order chi connectivity index (χ0) is 17.5. The molecule has 0 aliphatic carbocycles. The average Bonchev–Trinajstić information content (AvgIpc) is 3.15. The lowest BCUT2D eigenvalue weighted by atomic mass is 9.98. The van der Waals surface area contributed by atoms with Gasteiger partial charge in [-0.1, -0.05) is 42.5 Å². The van der Waals surface area contributed by atoms with Crippen LogP contribution in [0.3, 0.4) is 0 Å². The van der Waals surface area contributed by atoms with Crippen molar-refractivity contribution in [2.24, 2.45) is 0 Å². The topological polar surface area (TPSA) is 0 Å². The van der Waals surface area contributed by atoms with Crippen LogP contribution in [0.1, 0.15) is 0 Å². The van der Waals surface area contributed by atoms with Gasteiger partial charge in [0.1, 0.15) is 0 Å². The minimum absolute atomic E-state index is 0.936. The highest BCUT2D eigenvalue weighted by Crippen LogP contribution is 2.67. The van der Waals surface area contributed by atoms with Crippen molar-refractivity contribution in [1.82, 2.24) is 0 Å². The van der Waals surface area contributed by atoms with Gasteiger partial charge in [0, 0.05) is 30.0 Å². The Bertz CT molecular complexity index is 1360. The molecule has 0 saturated heterocycles. The normalized spacial score (nSPS) is 16.1. The lowest BCUT2D eigenvalue weighted by Gasteiger charge is -2.28. The Kier molecular flexibility index (Phi) is 2.80. The Labute approximate surface area is 158 Å². The summed E-state index contributed by atoms with van der Waals surface area (Å²) in [5.74, 6) is 0. The third-order valence-corrected chi connectivity index (χ3v) is 9.76. The van der Waals surface area contributed by atoms with Crippen LogP contribution in [-0.2, 0) is 0 Å². The largest absolute Gasteiger partial charge is 0.192 e. The lowest BCUT2D eigenvalue weighted by Crippen LogP contribution is -1.92. The number of benzene rings is 4. The van der Waals surface area contributed by atoms with E-state index in [9.17, 15) is 0 Å². The van der Waals surface area contributed by atoms with Crippen LogP contribution in [0.2, 0.25) is 0 Å². The van der Waals surface area contributed by atoms with E-state index in [1.54, 1.807) is 0 Å². The maximum Gasteiger partial charge on any atom is 0.0361 e. The van der Waals surface area contributed by atoms with Gasteiger partial charge in [0.05, 0.1) is 0 Å². The fourth-order valence-electron chi connectivity index (χ4n) is 4.46. The van der Waals surface area contributed by atoms with Crippen molar-refractivity contribution in [3.63, 3.8) is 0 Å². The third kappa shape index (κ3) is 1.76. The average molecular weight is 371 g/mol. The summed E-state index contributed by atoms with van der Waals surface area (Å²) in [6, 6.07) is 27.3. The molecule has 5 aromatic rings. The number of hydrogen-bond donors (Lipinski definition) is 0. The van der Waals surface area contributed by atoms with Gasteiger partial charge in [-0.3, -0.25) is 0 Å². The third-order valence-electron chi connectivity index (χ3n) is 5.73. The predicted octanol–water partition coefficient (Wildman–Crippen LogP) is 7.67. The van der Waals surface area contributed by atoms with E-state index in [0.29, 0.717) is 0 Å². The molecule has 4 aromatic carbocycles. The van der Waals surface area contributed by atoms with Gasteiger partial charge >= 0.3 is 0 Å². The molecule has 1 aromatic heterocycles. The van der Waals surface area contributed by atoms with E-state index < -0.39 is 10.0 Å². The zero-order valence-corrected chi connectivity index (χ0v) is 16.4. The summed E-state index contributed by atoms with van der Waals surface area (Å²) < 4.78 is 2.76. The van der Waals surface area contributed by atoms with E-state index in [1.807, 2.05) is 11.3 Å². The summed E-state index contributed by atoms with van der Waals surface area (Å²) in [5, 5.41) is 5.57. The molecule has 126 valence electrons. The number of rotatable bonds is 0. The van der Waals surface area contributed by atoms with Gasteiger partial charge in [-0.15, -0.1) is 11.3 Å². The lowest BCUT2D eigenvalue weighted by molar-refractivity contribution is 1.46. The molecule has 0 amide bonds. The van der Waals surface area contributed by atoms with Crippen molar-refractivity contribution in [2.75, 3.05) is 12.5 Å². The van der Waals surface area contributed by atoms with Crippen LogP contribution in [-0.4, -0.2) is 12.5 Å². The van der Waals surface area contributed by atoms with Crippen molar-refractivity contribution < 1.29 is 0 Å². The second-order valence-corrected chi connectivity index (χ2v) is 12.0. The summed E-state index contributed by atoms with van der Waals surface area (Å²) in [4.78, 5) is 3.06. The molecule has 0 spiro atoms. The maximum atomic E-state index is 2.47. The number of thiophene rings is 1. The van der Waals surface area contributed by atoms with Crippen molar-refractivity contribution >= 4 is 52.3 Å². The fraction of sp³-hybridized carbons (Fsp3) is 0.0833. The van der Waals surface area contributed by atoms with Crippen LogP contribution >= 0.6 is 21.4 Å². The van der Waals surface area contributed by atoms with Gasteiger partial charge in [0.15, 0.2) is 0 Å². The van der Waals surface area contributed by atoms with Gasteiger partial charge in [0.2, 0.25) is 0 Å². The molecule has 2 heteroatoms. The Balaban J connectivity index is 1.81. The predicted molar refractivity (Wildman–Crippen MR) is 118 cm³/mol. The van der Waals surface area contributed by atoms with Gasteiger partial charge in [-0.2, -0.15) is 10.0 Å². The first kappa shape index (κ1) is 14.8. The summed E-state index contributed by atoms with van der Waals surface area (Å²) in [6.45, 7) is 0. The molecule has 1 aliphatic heterocycles. The van der Waals surface area contributed by atoms with Crippen LogP contribution < -0.4 is 0 Å². The van der Waals surface area contributed by atoms with Crippen molar-refractivity contribution in [2.45, 2.75) is 9.79 Å². The molecule has 0 N–H and O–H groups in total. The van der Waals surface area contributed by atoms with Gasteiger partial charge in [-0.25, -0.2) is 0 Å². The maximum absolute atomic E-state index is 2.47. The molecule has 0 unspecified atom stereocenters. The molecule has 0 saturated carbocycles. The minimum Gasteiger partial charge on any atom is -0.192 e. The number of hydrogen-bond acceptors (Lipinski definition) is 1. The summed E-state index contributed by atoms with van der Waals surface area (Å²) in [7, 11) is -0.936. The van der Waals surface area contributed by atoms with Crippen LogP contribution in [0.15, 0.2) is 82.6 Å². The highest BCUT2D eigenvalue weighted by Gasteiger charge is 2.31. The molecule has 0 radical (unpaired) electrons. The molecule has 0 fully saturated rings. The highest BCUT2D eigenvalue weighted by molar-refractivity contribution is 8.33. The second-order valence-electron chi connectivity index (χ2n) is 7.43. The van der Waals surface area contributed by atoms with E-state index in [1.165, 1.54) is 51.9 Å². The van der Waals surface area contributed by atoms with Crippen LogP contribution in [0.25, 0.3) is 42.1 Å².